The molecule has 2 aromatic carbocycles. The van der Waals surface area contributed by atoms with Crippen LogP contribution in [0, 0.1) is 23.0 Å². The molecule has 1 fully saturated rings. The van der Waals surface area contributed by atoms with Crippen LogP contribution in [0.2, 0.25) is 0 Å². The number of aromatic carboxylic acids is 1. The minimum atomic E-state index is -5.08. The van der Waals surface area contributed by atoms with Gasteiger partial charge < -0.3 is 15.1 Å². The highest BCUT2D eigenvalue weighted by Gasteiger charge is 2.38. The van der Waals surface area contributed by atoms with E-state index in [0.717, 1.165) is 6.07 Å². The maximum atomic E-state index is 13.5. The molecule has 1 aliphatic heterocycles. The Labute approximate surface area is 213 Å². The lowest BCUT2D eigenvalue weighted by atomic mass is 10.1. The second-order valence-corrected chi connectivity index (χ2v) is 9.44. The molecule has 0 unspecified atom stereocenters. The number of hydrogen-bond donors (Lipinski definition) is 3. The maximum absolute atomic E-state index is 13.5. The molecule has 0 aromatic heterocycles. The first-order chi connectivity index (χ1) is 17.7. The van der Waals surface area contributed by atoms with Crippen LogP contribution in [0.4, 0.5) is 33.3 Å². The maximum Gasteiger partial charge on any atom is 0.490 e. The van der Waals surface area contributed by atoms with Gasteiger partial charge in [0.1, 0.15) is 0 Å². The van der Waals surface area contributed by atoms with Crippen LogP contribution >= 0.6 is 0 Å². The van der Waals surface area contributed by atoms with Crippen LogP contribution < -0.4 is 9.62 Å². The minimum Gasteiger partial charge on any atom is -0.478 e. The number of nitrogens with zero attached hydrogens (tertiary/aromatic N) is 3. The highest BCUT2D eigenvalue weighted by Crippen LogP contribution is 2.31. The zero-order valence-electron chi connectivity index (χ0n) is 19.4. The summed E-state index contributed by atoms with van der Waals surface area (Å²) in [6.45, 7) is 3.02. The van der Waals surface area contributed by atoms with Crippen LogP contribution in [0.5, 0.6) is 0 Å². The van der Waals surface area contributed by atoms with Crippen molar-refractivity contribution in [3.8, 4) is 6.07 Å². The molecule has 3 N–H and O–H groups in total. The van der Waals surface area contributed by atoms with E-state index < -0.39 is 44.7 Å². The fraction of sp³-hybridized carbons (Fsp3) is 0.318. The number of carboxylic acid groups (broad SMARTS) is 2. The average molecular weight is 564 g/mol. The van der Waals surface area contributed by atoms with E-state index in [1.165, 1.54) is 18.2 Å². The quantitative estimate of drug-likeness (QED) is 0.431. The predicted molar refractivity (Wildman–Crippen MR) is 123 cm³/mol. The zero-order chi connectivity index (χ0) is 28.7. The Bertz CT molecular complexity index is 1320. The van der Waals surface area contributed by atoms with Gasteiger partial charge in [0.05, 0.1) is 27.9 Å². The van der Waals surface area contributed by atoms with E-state index in [9.17, 15) is 40.3 Å². The molecule has 3 rings (SSSR count). The summed E-state index contributed by atoms with van der Waals surface area (Å²) in [7, 11) is -4.30. The first-order valence-corrected chi connectivity index (χ1v) is 12.1. The number of rotatable bonds is 7. The molecule has 1 aliphatic rings. The molecule has 2 aromatic rings. The normalized spacial score (nSPS) is 14.2. The van der Waals surface area contributed by atoms with E-state index in [4.69, 9.17) is 15.2 Å². The molecule has 1 saturated heterocycles. The van der Waals surface area contributed by atoms with Gasteiger partial charge >= 0.3 is 18.1 Å². The zero-order valence-corrected chi connectivity index (χ0v) is 20.2. The Balaban J connectivity index is 0.000000638. The topological polar surface area (TPSA) is 151 Å². The fourth-order valence-electron chi connectivity index (χ4n) is 3.29. The molecule has 38 heavy (non-hydrogen) atoms. The third kappa shape index (κ3) is 8.28. The third-order valence-corrected chi connectivity index (χ3v) is 6.55. The van der Waals surface area contributed by atoms with Crippen molar-refractivity contribution in [1.29, 1.82) is 5.26 Å². The number of carboxylic acids is 2. The molecule has 16 heteroatoms. The van der Waals surface area contributed by atoms with E-state index in [2.05, 4.69) is 15.7 Å². The molecular weight excluding hydrogens is 543 g/mol. The number of nitriles is 1. The largest absolute Gasteiger partial charge is 0.490 e. The summed E-state index contributed by atoms with van der Waals surface area (Å²) in [5, 5.41) is 25.1. The van der Waals surface area contributed by atoms with Gasteiger partial charge in [-0.25, -0.2) is 26.8 Å². The second kappa shape index (κ2) is 12.5. The van der Waals surface area contributed by atoms with E-state index >= 15 is 0 Å². The van der Waals surface area contributed by atoms with Crippen LogP contribution in [0.1, 0.15) is 16.8 Å². The van der Waals surface area contributed by atoms with Gasteiger partial charge in [-0.15, -0.1) is 0 Å². The number of sulfonamides is 1. The lowest BCUT2D eigenvalue weighted by Crippen LogP contribution is -2.46. The molecule has 0 atom stereocenters. The molecule has 0 spiro atoms. The van der Waals surface area contributed by atoms with Crippen LogP contribution in [-0.2, 0) is 14.8 Å². The van der Waals surface area contributed by atoms with Crippen LogP contribution in [0.15, 0.2) is 41.3 Å². The highest BCUT2D eigenvalue weighted by atomic mass is 32.2. The number of anilines is 2. The monoisotopic (exact) mass is 564 g/mol. The number of aliphatic carboxylic acids is 1. The van der Waals surface area contributed by atoms with Gasteiger partial charge in [0.15, 0.2) is 11.6 Å². The van der Waals surface area contributed by atoms with Gasteiger partial charge in [-0.3, -0.25) is 9.62 Å². The molecule has 0 saturated carbocycles. The summed E-state index contributed by atoms with van der Waals surface area (Å²) >= 11 is 0. The van der Waals surface area contributed by atoms with Crippen LogP contribution in [0.25, 0.3) is 0 Å². The van der Waals surface area contributed by atoms with Gasteiger partial charge in [-0.05, 0) is 36.4 Å². The van der Waals surface area contributed by atoms with E-state index in [-0.39, 0.29) is 11.3 Å². The van der Waals surface area contributed by atoms with Crippen molar-refractivity contribution in [2.24, 2.45) is 0 Å². The van der Waals surface area contributed by atoms with Crippen molar-refractivity contribution in [3.63, 3.8) is 0 Å². The Morgan fingerprint density at radius 2 is 1.61 bits per heavy atom. The summed E-state index contributed by atoms with van der Waals surface area (Å²) in [5.74, 6) is -6.48. The Morgan fingerprint density at radius 3 is 2.11 bits per heavy atom. The fourth-order valence-corrected chi connectivity index (χ4v) is 4.37. The smallest absolute Gasteiger partial charge is 0.478 e. The summed E-state index contributed by atoms with van der Waals surface area (Å²) in [4.78, 5) is 23.8. The van der Waals surface area contributed by atoms with E-state index in [1.54, 1.807) is 0 Å². The van der Waals surface area contributed by atoms with Crippen molar-refractivity contribution < 1.29 is 50.2 Å². The van der Waals surface area contributed by atoms with Gasteiger partial charge in [0, 0.05) is 39.1 Å². The molecule has 206 valence electrons. The molecule has 0 radical (unpaired) electrons. The highest BCUT2D eigenvalue weighted by molar-refractivity contribution is 7.92. The van der Waals surface area contributed by atoms with Crippen molar-refractivity contribution in [1.82, 2.24) is 4.90 Å². The second-order valence-electron chi connectivity index (χ2n) is 7.76. The predicted octanol–water partition coefficient (Wildman–Crippen LogP) is 3.13. The molecule has 0 amide bonds. The molecule has 1 heterocycles. The van der Waals surface area contributed by atoms with Crippen molar-refractivity contribution >= 4 is 33.3 Å². The Morgan fingerprint density at radius 1 is 1.00 bits per heavy atom. The Kier molecular flexibility index (Phi) is 9.97. The number of halogens is 5. The third-order valence-electron chi connectivity index (χ3n) is 5.18. The van der Waals surface area contributed by atoms with Crippen LogP contribution in [-0.4, -0.2) is 74.4 Å². The lowest BCUT2D eigenvalue weighted by molar-refractivity contribution is -0.192. The molecule has 10 nitrogen and oxygen atoms in total. The molecule has 0 aliphatic carbocycles. The standard InChI is InChI=1S/C20H20F2N4O4S.C2HF3O2/c21-16-4-3-15(13-17(16)22)31(29,30)24-18-12-14(20(27)28)2-5-19(18)26-10-8-25(9-11-26)7-1-6-23;3-2(4,5)1(6)7/h2-5,12-13,24H,1,7-11H2,(H,27,28);(H,6,7). The Hall–Kier alpha value is -3.97. The minimum absolute atomic E-state index is 0.0232. The summed E-state index contributed by atoms with van der Waals surface area (Å²) in [5.41, 5.74) is 0.366. The summed E-state index contributed by atoms with van der Waals surface area (Å²) in [6, 6.07) is 8.36. The van der Waals surface area contributed by atoms with Crippen LogP contribution in [0.3, 0.4) is 0 Å². The van der Waals surface area contributed by atoms with Gasteiger partial charge in [-0.2, -0.15) is 18.4 Å². The van der Waals surface area contributed by atoms with E-state index in [1.807, 2.05) is 4.90 Å². The number of benzene rings is 2. The van der Waals surface area contributed by atoms with Crippen molar-refractivity contribution in [2.45, 2.75) is 17.5 Å². The first kappa shape index (κ1) is 30.3. The van der Waals surface area contributed by atoms with Gasteiger partial charge in [0.2, 0.25) is 0 Å². The van der Waals surface area contributed by atoms with Crippen molar-refractivity contribution in [2.75, 3.05) is 42.3 Å². The van der Waals surface area contributed by atoms with Gasteiger partial charge in [0.25, 0.3) is 10.0 Å². The number of carbonyl (C=O) groups is 2. The number of piperazine rings is 1. The average Bonchev–Trinajstić information content (AvgIpc) is 2.84. The molecular formula is C22H21F5N4O6S. The first-order valence-electron chi connectivity index (χ1n) is 10.6. The summed E-state index contributed by atoms with van der Waals surface area (Å²) < 4.78 is 86.3. The summed E-state index contributed by atoms with van der Waals surface area (Å²) in [6.07, 6.45) is -4.67. The lowest BCUT2D eigenvalue weighted by Gasteiger charge is -2.36. The number of hydrogen-bond acceptors (Lipinski definition) is 7. The van der Waals surface area contributed by atoms with Crippen molar-refractivity contribution in [3.05, 3.63) is 53.6 Å². The van der Waals surface area contributed by atoms with Gasteiger partial charge in [-0.1, -0.05) is 0 Å². The number of nitrogens with one attached hydrogen (secondary N) is 1. The van der Waals surface area contributed by atoms with E-state index in [0.29, 0.717) is 57.0 Å². The molecule has 0 bridgehead atoms. The SMILES string of the molecule is N#CCCN1CCN(c2ccc(C(=O)O)cc2NS(=O)(=O)c2ccc(F)c(F)c2)CC1.O=C(O)C(F)(F)F. The number of alkyl halides is 3.